The molecule has 20 heavy (non-hydrogen) atoms. The van der Waals surface area contributed by atoms with E-state index in [2.05, 4.69) is 15.9 Å². The smallest absolute Gasteiger partial charge is 0.246 e. The number of benzene rings is 1. The average Bonchev–Trinajstić information content (AvgIpc) is 2.26. The van der Waals surface area contributed by atoms with Gasteiger partial charge in [0.25, 0.3) is 0 Å². The fraction of sp³-hybridized carbons (Fsp3) is 0.417. The minimum atomic E-state index is -4.10. The summed E-state index contributed by atoms with van der Waals surface area (Å²) in [6.07, 6.45) is 0. The van der Waals surface area contributed by atoms with Gasteiger partial charge in [-0.05, 0) is 24.1 Å². The summed E-state index contributed by atoms with van der Waals surface area (Å²) < 4.78 is 40.0. The predicted octanol–water partition coefficient (Wildman–Crippen LogP) is 1.72. The van der Waals surface area contributed by atoms with E-state index in [1.165, 1.54) is 6.07 Å². The van der Waals surface area contributed by atoms with Crippen LogP contribution in [0, 0.1) is 11.7 Å². The van der Waals surface area contributed by atoms with Crippen LogP contribution >= 0.6 is 15.9 Å². The molecule has 0 saturated carbocycles. The van der Waals surface area contributed by atoms with Gasteiger partial charge in [0.15, 0.2) is 0 Å². The maximum absolute atomic E-state index is 13.8. The lowest BCUT2D eigenvalue weighted by atomic mass is 10.2. The molecule has 1 aromatic carbocycles. The summed E-state index contributed by atoms with van der Waals surface area (Å²) in [4.78, 5) is 10.6. The second kappa shape index (κ2) is 6.64. The molecule has 0 saturated heterocycles. The van der Waals surface area contributed by atoms with Gasteiger partial charge in [0.05, 0.1) is 6.54 Å². The quantitative estimate of drug-likeness (QED) is 0.832. The van der Waals surface area contributed by atoms with E-state index in [9.17, 15) is 17.6 Å². The summed E-state index contributed by atoms with van der Waals surface area (Å²) in [5.41, 5.74) is 5.06. The Labute approximate surface area is 126 Å². The van der Waals surface area contributed by atoms with Crippen LogP contribution in [-0.4, -0.2) is 31.7 Å². The van der Waals surface area contributed by atoms with E-state index >= 15 is 0 Å². The van der Waals surface area contributed by atoms with Crippen molar-refractivity contribution in [3.05, 3.63) is 28.5 Å². The molecule has 5 nitrogen and oxygen atoms in total. The highest BCUT2D eigenvalue weighted by molar-refractivity contribution is 9.10. The first-order valence-corrected chi connectivity index (χ1v) is 8.11. The molecule has 0 heterocycles. The fourth-order valence-electron chi connectivity index (χ4n) is 1.65. The third-order valence-electron chi connectivity index (χ3n) is 2.41. The number of nitrogens with zero attached hydrogens (tertiary/aromatic N) is 1. The maximum atomic E-state index is 13.8. The lowest BCUT2D eigenvalue weighted by molar-refractivity contribution is -0.118. The van der Waals surface area contributed by atoms with Crippen molar-refractivity contribution in [2.45, 2.75) is 18.7 Å². The summed E-state index contributed by atoms with van der Waals surface area (Å²) in [6.45, 7) is 3.19. The van der Waals surface area contributed by atoms with Gasteiger partial charge in [-0.2, -0.15) is 4.31 Å². The number of hydrogen-bond donors (Lipinski definition) is 1. The molecule has 0 atom stereocenters. The fourth-order valence-corrected chi connectivity index (χ4v) is 3.60. The van der Waals surface area contributed by atoms with Crippen LogP contribution in [0.4, 0.5) is 4.39 Å². The second-order valence-corrected chi connectivity index (χ2v) is 7.55. The Hall–Kier alpha value is -0.990. The van der Waals surface area contributed by atoms with Crippen LogP contribution in [0.5, 0.6) is 0 Å². The number of sulfonamides is 1. The van der Waals surface area contributed by atoms with Crippen molar-refractivity contribution in [1.29, 1.82) is 0 Å². The van der Waals surface area contributed by atoms with Crippen LogP contribution in [0.3, 0.4) is 0 Å². The van der Waals surface area contributed by atoms with Gasteiger partial charge in [-0.3, -0.25) is 4.79 Å². The van der Waals surface area contributed by atoms with Crippen molar-refractivity contribution in [1.82, 2.24) is 4.31 Å². The first-order valence-electron chi connectivity index (χ1n) is 5.88. The second-order valence-electron chi connectivity index (χ2n) is 4.73. The summed E-state index contributed by atoms with van der Waals surface area (Å²) >= 11 is 3.06. The van der Waals surface area contributed by atoms with Crippen LogP contribution in [0.1, 0.15) is 13.8 Å². The molecule has 0 spiro atoms. The molecule has 2 N–H and O–H groups in total. The monoisotopic (exact) mass is 366 g/mol. The third kappa shape index (κ3) is 4.26. The molecule has 0 radical (unpaired) electrons. The molecule has 1 aromatic rings. The van der Waals surface area contributed by atoms with Crippen molar-refractivity contribution in [2.24, 2.45) is 11.7 Å². The van der Waals surface area contributed by atoms with Crippen LogP contribution in [0.25, 0.3) is 0 Å². The van der Waals surface area contributed by atoms with Crippen molar-refractivity contribution >= 4 is 31.9 Å². The van der Waals surface area contributed by atoms with E-state index in [0.717, 1.165) is 16.4 Å². The van der Waals surface area contributed by atoms with E-state index in [1.54, 1.807) is 13.8 Å². The molecule has 0 aliphatic heterocycles. The van der Waals surface area contributed by atoms with Crippen molar-refractivity contribution in [3.63, 3.8) is 0 Å². The Kier molecular flexibility index (Phi) is 5.67. The summed E-state index contributed by atoms with van der Waals surface area (Å²) in [5.74, 6) is -1.69. The van der Waals surface area contributed by atoms with Crippen LogP contribution in [-0.2, 0) is 14.8 Å². The molecule has 0 aliphatic carbocycles. The topological polar surface area (TPSA) is 80.5 Å². The molecule has 0 bridgehead atoms. The molecule has 0 aliphatic rings. The zero-order valence-electron chi connectivity index (χ0n) is 11.1. The number of halogens is 2. The van der Waals surface area contributed by atoms with Gasteiger partial charge in [0.1, 0.15) is 10.7 Å². The van der Waals surface area contributed by atoms with Gasteiger partial charge in [-0.15, -0.1) is 0 Å². The number of rotatable bonds is 6. The molecule has 112 valence electrons. The van der Waals surface area contributed by atoms with Crippen molar-refractivity contribution in [2.75, 3.05) is 13.1 Å². The number of carbonyl (C=O) groups excluding carboxylic acids is 1. The standard InChI is InChI=1S/C12H16BrFN2O3S/c1-8(2)6-16(7-12(15)17)20(18,19)11-4-3-9(13)5-10(11)14/h3-5,8H,6-7H2,1-2H3,(H2,15,17). The van der Waals surface area contributed by atoms with E-state index in [-0.39, 0.29) is 12.5 Å². The molecule has 1 rings (SSSR count). The minimum absolute atomic E-state index is 0.0253. The van der Waals surface area contributed by atoms with Gasteiger partial charge in [0, 0.05) is 11.0 Å². The molecule has 1 amide bonds. The summed E-state index contributed by atoms with van der Waals surface area (Å²) in [6, 6.07) is 3.64. The van der Waals surface area contributed by atoms with E-state index in [0.29, 0.717) is 4.47 Å². The van der Waals surface area contributed by atoms with Gasteiger partial charge >= 0.3 is 0 Å². The lowest BCUT2D eigenvalue weighted by Crippen LogP contribution is -2.40. The highest BCUT2D eigenvalue weighted by Crippen LogP contribution is 2.23. The molecule has 0 fully saturated rings. The number of amides is 1. The van der Waals surface area contributed by atoms with E-state index in [4.69, 9.17) is 5.73 Å². The first kappa shape index (κ1) is 17.1. The average molecular weight is 367 g/mol. The van der Waals surface area contributed by atoms with Crippen LogP contribution < -0.4 is 5.73 Å². The Balaban J connectivity index is 3.24. The number of nitrogens with two attached hydrogens (primary N) is 1. The molecule has 8 heteroatoms. The lowest BCUT2D eigenvalue weighted by Gasteiger charge is -2.22. The summed E-state index contributed by atoms with van der Waals surface area (Å²) in [5, 5.41) is 0. The van der Waals surface area contributed by atoms with Crippen LogP contribution in [0.15, 0.2) is 27.6 Å². The maximum Gasteiger partial charge on any atom is 0.246 e. The Morgan fingerprint density at radius 2 is 2.05 bits per heavy atom. The first-order chi connectivity index (χ1) is 9.14. The minimum Gasteiger partial charge on any atom is -0.369 e. The van der Waals surface area contributed by atoms with Crippen LogP contribution in [0.2, 0.25) is 0 Å². The van der Waals surface area contributed by atoms with Gasteiger partial charge in [-0.1, -0.05) is 29.8 Å². The highest BCUT2D eigenvalue weighted by Gasteiger charge is 2.29. The highest BCUT2D eigenvalue weighted by atomic mass is 79.9. The molecule has 0 unspecified atom stereocenters. The van der Waals surface area contributed by atoms with Gasteiger partial charge in [-0.25, -0.2) is 12.8 Å². The zero-order chi connectivity index (χ0) is 15.5. The van der Waals surface area contributed by atoms with E-state index in [1.807, 2.05) is 0 Å². The van der Waals surface area contributed by atoms with Crippen molar-refractivity contribution in [3.8, 4) is 0 Å². The number of carbonyl (C=O) groups is 1. The van der Waals surface area contributed by atoms with E-state index < -0.39 is 33.2 Å². The summed E-state index contributed by atoms with van der Waals surface area (Å²) in [7, 11) is -4.10. The normalized spacial score (nSPS) is 12.1. The van der Waals surface area contributed by atoms with Crippen molar-refractivity contribution < 1.29 is 17.6 Å². The van der Waals surface area contributed by atoms with Gasteiger partial charge < -0.3 is 5.73 Å². The Bertz CT molecular complexity index is 605. The Morgan fingerprint density at radius 1 is 1.45 bits per heavy atom. The SMILES string of the molecule is CC(C)CN(CC(N)=O)S(=O)(=O)c1ccc(Br)cc1F. The third-order valence-corrected chi connectivity index (χ3v) is 4.75. The predicted molar refractivity (Wildman–Crippen MR) is 76.9 cm³/mol. The largest absolute Gasteiger partial charge is 0.369 e. The zero-order valence-corrected chi connectivity index (χ0v) is 13.5. The number of hydrogen-bond acceptors (Lipinski definition) is 3. The molecule has 0 aromatic heterocycles. The van der Waals surface area contributed by atoms with Gasteiger partial charge in [0.2, 0.25) is 15.9 Å². The number of primary amides is 1. The Morgan fingerprint density at radius 3 is 2.50 bits per heavy atom. The molecular formula is C12H16BrFN2O3S. The molecular weight excluding hydrogens is 351 g/mol.